The minimum Gasteiger partial charge on any atom is -0.508 e. The quantitative estimate of drug-likeness (QED) is 0.742. The van der Waals surface area contributed by atoms with Crippen molar-refractivity contribution in [3.8, 4) is 5.75 Å². The van der Waals surface area contributed by atoms with E-state index in [1.165, 1.54) is 0 Å². The second-order valence-corrected chi connectivity index (χ2v) is 3.79. The van der Waals surface area contributed by atoms with Crippen LogP contribution in [0.25, 0.3) is 0 Å². The largest absolute Gasteiger partial charge is 0.508 e. The molecule has 0 amide bonds. The Hall–Kier alpha value is -1.35. The first-order valence-corrected chi connectivity index (χ1v) is 4.96. The molecule has 0 saturated carbocycles. The number of aryl methyl sites for hydroxylation is 1. The number of ketones is 1. The van der Waals surface area contributed by atoms with Gasteiger partial charge in [-0.15, -0.1) is 0 Å². The van der Waals surface area contributed by atoms with Crippen LogP contribution in [0.2, 0.25) is 0 Å². The summed E-state index contributed by atoms with van der Waals surface area (Å²) in [5.41, 5.74) is 3.20. The molecule has 0 fully saturated rings. The average molecular weight is 207 g/mol. The molecule has 0 aliphatic heterocycles. The topological polar surface area (TPSA) is 49.3 Å². The van der Waals surface area contributed by atoms with Crippen molar-refractivity contribution in [2.75, 3.05) is 13.6 Å². The van der Waals surface area contributed by atoms with Crippen LogP contribution in [0.5, 0.6) is 5.75 Å². The van der Waals surface area contributed by atoms with Gasteiger partial charge < -0.3 is 10.4 Å². The van der Waals surface area contributed by atoms with Gasteiger partial charge in [-0.05, 0) is 50.6 Å². The maximum atomic E-state index is 11.8. The number of hydrogen-bond acceptors (Lipinski definition) is 3. The van der Waals surface area contributed by atoms with Crippen LogP contribution in [0.4, 0.5) is 0 Å². The molecule has 15 heavy (non-hydrogen) atoms. The predicted molar refractivity (Wildman–Crippen MR) is 60.6 cm³/mol. The number of nitrogens with one attached hydrogen (secondary N) is 1. The van der Waals surface area contributed by atoms with E-state index in [2.05, 4.69) is 5.32 Å². The smallest absolute Gasteiger partial charge is 0.177 e. The fourth-order valence-electron chi connectivity index (χ4n) is 1.74. The summed E-state index contributed by atoms with van der Waals surface area (Å²) in [6, 6.07) is 1.64. The summed E-state index contributed by atoms with van der Waals surface area (Å²) in [7, 11) is 1.75. The molecule has 0 radical (unpaired) electrons. The molecule has 82 valence electrons. The Morgan fingerprint density at radius 3 is 2.47 bits per heavy atom. The second-order valence-electron chi connectivity index (χ2n) is 3.79. The van der Waals surface area contributed by atoms with E-state index in [9.17, 15) is 9.90 Å². The maximum absolute atomic E-state index is 11.8. The maximum Gasteiger partial charge on any atom is 0.177 e. The summed E-state index contributed by atoms with van der Waals surface area (Å²) in [5.74, 6) is 0.321. The van der Waals surface area contributed by atoms with Gasteiger partial charge in [-0.3, -0.25) is 4.79 Å². The van der Waals surface area contributed by atoms with Gasteiger partial charge in [-0.1, -0.05) is 0 Å². The highest BCUT2D eigenvalue weighted by Gasteiger charge is 2.15. The molecule has 1 aromatic rings. The summed E-state index contributed by atoms with van der Waals surface area (Å²) in [5, 5.41) is 12.4. The summed E-state index contributed by atoms with van der Waals surface area (Å²) < 4.78 is 0. The highest BCUT2D eigenvalue weighted by molar-refractivity contribution is 6.00. The van der Waals surface area contributed by atoms with E-state index >= 15 is 0 Å². The van der Waals surface area contributed by atoms with Gasteiger partial charge in [-0.25, -0.2) is 0 Å². The lowest BCUT2D eigenvalue weighted by molar-refractivity contribution is 0.0992. The highest BCUT2D eigenvalue weighted by atomic mass is 16.3. The van der Waals surface area contributed by atoms with E-state index in [0.717, 1.165) is 22.3 Å². The standard InChI is InChI=1S/C12H17NO2/c1-7-5-10(14)8(2)9(3)12(7)11(15)6-13-4/h5,13-14H,6H2,1-4H3. The number of phenolic OH excluding ortho intramolecular Hbond substituents is 1. The molecule has 0 heterocycles. The first-order valence-electron chi connectivity index (χ1n) is 4.96. The van der Waals surface area contributed by atoms with Crippen molar-refractivity contribution in [3.63, 3.8) is 0 Å². The van der Waals surface area contributed by atoms with Crippen molar-refractivity contribution in [2.45, 2.75) is 20.8 Å². The third-order valence-electron chi connectivity index (χ3n) is 2.69. The SMILES string of the molecule is CNCC(=O)c1c(C)cc(O)c(C)c1C. The first kappa shape index (κ1) is 11.7. The van der Waals surface area contributed by atoms with Crippen LogP contribution in [0.3, 0.4) is 0 Å². The third-order valence-corrected chi connectivity index (χ3v) is 2.69. The molecule has 2 N–H and O–H groups in total. The van der Waals surface area contributed by atoms with E-state index in [-0.39, 0.29) is 11.5 Å². The van der Waals surface area contributed by atoms with Crippen molar-refractivity contribution in [1.29, 1.82) is 0 Å². The second kappa shape index (κ2) is 4.45. The number of phenols is 1. The van der Waals surface area contributed by atoms with E-state index < -0.39 is 0 Å². The Balaban J connectivity index is 3.29. The molecule has 3 nitrogen and oxygen atoms in total. The van der Waals surface area contributed by atoms with Gasteiger partial charge in [0.25, 0.3) is 0 Å². The summed E-state index contributed by atoms with van der Waals surface area (Å²) in [6.07, 6.45) is 0. The number of rotatable bonds is 3. The molecule has 0 aliphatic rings. The predicted octanol–water partition coefficient (Wildman–Crippen LogP) is 1.72. The lowest BCUT2D eigenvalue weighted by Gasteiger charge is -2.12. The molecular weight excluding hydrogens is 190 g/mol. The van der Waals surface area contributed by atoms with Crippen molar-refractivity contribution in [2.24, 2.45) is 0 Å². The third kappa shape index (κ3) is 2.18. The van der Waals surface area contributed by atoms with Gasteiger partial charge in [0.05, 0.1) is 6.54 Å². The number of hydrogen-bond donors (Lipinski definition) is 2. The highest BCUT2D eigenvalue weighted by Crippen LogP contribution is 2.26. The number of benzene rings is 1. The number of carbonyl (C=O) groups excluding carboxylic acids is 1. The Bertz CT molecular complexity index is 397. The van der Waals surface area contributed by atoms with Crippen LogP contribution in [-0.2, 0) is 0 Å². The fourth-order valence-corrected chi connectivity index (χ4v) is 1.74. The average Bonchev–Trinajstić information content (AvgIpc) is 2.15. The summed E-state index contributed by atoms with van der Waals surface area (Å²) in [4.78, 5) is 11.8. The first-order chi connectivity index (χ1) is 6.99. The van der Waals surface area contributed by atoms with Gasteiger partial charge in [0.1, 0.15) is 5.75 Å². The molecule has 0 spiro atoms. The van der Waals surface area contributed by atoms with E-state index in [0.29, 0.717) is 6.54 Å². The molecule has 0 aromatic heterocycles. The fraction of sp³-hybridized carbons (Fsp3) is 0.417. The minimum absolute atomic E-state index is 0.0654. The molecule has 1 rings (SSSR count). The van der Waals surface area contributed by atoms with E-state index in [1.54, 1.807) is 13.1 Å². The van der Waals surface area contributed by atoms with Crippen LogP contribution in [-0.4, -0.2) is 24.5 Å². The van der Waals surface area contributed by atoms with Gasteiger partial charge in [-0.2, -0.15) is 0 Å². The lowest BCUT2D eigenvalue weighted by atomic mass is 9.94. The number of carbonyl (C=O) groups is 1. The monoisotopic (exact) mass is 207 g/mol. The Morgan fingerprint density at radius 2 is 1.93 bits per heavy atom. The molecule has 0 atom stereocenters. The van der Waals surface area contributed by atoms with Crippen LogP contribution in [0.1, 0.15) is 27.0 Å². The Morgan fingerprint density at radius 1 is 1.33 bits per heavy atom. The van der Waals surface area contributed by atoms with Crippen LogP contribution >= 0.6 is 0 Å². The minimum atomic E-state index is 0.0654. The number of likely N-dealkylation sites (N-methyl/N-ethyl adjacent to an activating group) is 1. The number of Topliss-reactive ketones (excluding diaryl/α,β-unsaturated/α-hetero) is 1. The van der Waals surface area contributed by atoms with Gasteiger partial charge >= 0.3 is 0 Å². The summed E-state index contributed by atoms with van der Waals surface area (Å²) in [6.45, 7) is 5.85. The molecule has 0 bridgehead atoms. The van der Waals surface area contributed by atoms with Crippen LogP contribution in [0, 0.1) is 20.8 Å². The zero-order valence-corrected chi connectivity index (χ0v) is 9.64. The van der Waals surface area contributed by atoms with Crippen molar-refractivity contribution in [3.05, 3.63) is 28.3 Å². The molecule has 3 heteroatoms. The molecular formula is C12H17NO2. The van der Waals surface area contributed by atoms with Crippen molar-refractivity contribution >= 4 is 5.78 Å². The van der Waals surface area contributed by atoms with Gasteiger partial charge in [0.2, 0.25) is 0 Å². The lowest BCUT2D eigenvalue weighted by Crippen LogP contribution is -2.20. The molecule has 1 aromatic carbocycles. The molecule has 0 unspecified atom stereocenters. The number of aromatic hydroxyl groups is 1. The van der Waals surface area contributed by atoms with Crippen LogP contribution in [0.15, 0.2) is 6.07 Å². The van der Waals surface area contributed by atoms with Gasteiger partial charge in [0, 0.05) is 5.56 Å². The molecule has 0 saturated heterocycles. The molecule has 0 aliphatic carbocycles. The van der Waals surface area contributed by atoms with Crippen molar-refractivity contribution < 1.29 is 9.90 Å². The normalized spacial score (nSPS) is 10.4. The Labute approximate surface area is 90.1 Å². The van der Waals surface area contributed by atoms with E-state index in [4.69, 9.17) is 0 Å². The van der Waals surface area contributed by atoms with Gasteiger partial charge in [0.15, 0.2) is 5.78 Å². The zero-order valence-electron chi connectivity index (χ0n) is 9.64. The van der Waals surface area contributed by atoms with Crippen LogP contribution < -0.4 is 5.32 Å². The van der Waals surface area contributed by atoms with Crippen molar-refractivity contribution in [1.82, 2.24) is 5.32 Å². The van der Waals surface area contributed by atoms with E-state index in [1.807, 2.05) is 20.8 Å². The Kier molecular flexibility index (Phi) is 3.48. The zero-order chi connectivity index (χ0) is 11.6. The summed E-state index contributed by atoms with van der Waals surface area (Å²) >= 11 is 0.